The Morgan fingerprint density at radius 2 is 1.35 bits per heavy atom. The third kappa shape index (κ3) is 6.31. The number of hydrogen-bond donors (Lipinski definition) is 2. The minimum absolute atomic E-state index is 0.111. The van der Waals surface area contributed by atoms with Crippen molar-refractivity contribution in [3.8, 4) is 11.5 Å². The first kappa shape index (κ1) is 22.3. The molecule has 0 aliphatic carbocycles. The van der Waals surface area contributed by atoms with E-state index in [-0.39, 0.29) is 6.61 Å². The molecule has 31 heavy (non-hydrogen) atoms. The first-order valence-corrected chi connectivity index (χ1v) is 10.1. The molecule has 0 aliphatic rings. The Morgan fingerprint density at radius 1 is 0.806 bits per heavy atom. The van der Waals surface area contributed by atoms with Gasteiger partial charge in [-0.1, -0.05) is 66.7 Å². The van der Waals surface area contributed by atoms with Crippen molar-refractivity contribution in [2.24, 2.45) is 0 Å². The van der Waals surface area contributed by atoms with E-state index in [9.17, 15) is 15.0 Å². The fraction of sp³-hybridized carbons (Fsp3) is 0.240. The summed E-state index contributed by atoms with van der Waals surface area (Å²) in [5.41, 5.74) is 2.28. The van der Waals surface area contributed by atoms with Crippen LogP contribution in [-0.2, 0) is 22.7 Å². The van der Waals surface area contributed by atoms with Crippen LogP contribution in [-0.4, -0.2) is 28.9 Å². The molecule has 3 aromatic rings. The van der Waals surface area contributed by atoms with Crippen LogP contribution in [0.1, 0.15) is 29.7 Å². The lowest BCUT2D eigenvalue weighted by molar-refractivity contribution is -0.159. The van der Waals surface area contributed by atoms with Gasteiger partial charge in [0.05, 0.1) is 6.61 Å². The van der Waals surface area contributed by atoms with Crippen LogP contribution in [0, 0.1) is 0 Å². The largest absolute Gasteiger partial charge is 0.485 e. The van der Waals surface area contributed by atoms with Crippen molar-refractivity contribution < 1.29 is 29.2 Å². The molecule has 0 spiro atoms. The molecule has 2 atom stereocenters. The van der Waals surface area contributed by atoms with E-state index in [1.54, 1.807) is 25.1 Å². The molecule has 2 N–H and O–H groups in total. The summed E-state index contributed by atoms with van der Waals surface area (Å²) in [4.78, 5) is 11.8. The number of esters is 1. The molecule has 162 valence electrons. The number of ether oxygens (including phenoxy) is 3. The zero-order chi connectivity index (χ0) is 22.1. The van der Waals surface area contributed by atoms with E-state index in [4.69, 9.17) is 14.2 Å². The van der Waals surface area contributed by atoms with E-state index in [2.05, 4.69) is 0 Å². The Balaban J connectivity index is 1.80. The van der Waals surface area contributed by atoms with Crippen molar-refractivity contribution in [2.75, 3.05) is 6.61 Å². The van der Waals surface area contributed by atoms with Crippen LogP contribution in [0.25, 0.3) is 0 Å². The number of benzene rings is 3. The Hall–Kier alpha value is -3.35. The summed E-state index contributed by atoms with van der Waals surface area (Å²) in [6, 6.07) is 24.2. The summed E-state index contributed by atoms with van der Waals surface area (Å²) >= 11 is 0. The summed E-state index contributed by atoms with van der Waals surface area (Å²) in [5.74, 6) is -0.0000835. The van der Waals surface area contributed by atoms with Crippen molar-refractivity contribution in [1.82, 2.24) is 0 Å². The molecule has 0 saturated carbocycles. The van der Waals surface area contributed by atoms with E-state index >= 15 is 0 Å². The number of carbonyl (C=O) groups is 1. The topological polar surface area (TPSA) is 85.2 Å². The quantitative estimate of drug-likeness (QED) is 0.484. The molecule has 0 bridgehead atoms. The van der Waals surface area contributed by atoms with Gasteiger partial charge in [0.25, 0.3) is 0 Å². The lowest BCUT2D eigenvalue weighted by Gasteiger charge is -2.19. The van der Waals surface area contributed by atoms with Crippen molar-refractivity contribution in [1.29, 1.82) is 0 Å². The zero-order valence-corrected chi connectivity index (χ0v) is 17.3. The van der Waals surface area contributed by atoms with Gasteiger partial charge >= 0.3 is 5.97 Å². The molecule has 3 aromatic carbocycles. The highest BCUT2D eigenvalue weighted by atomic mass is 16.5. The van der Waals surface area contributed by atoms with Gasteiger partial charge in [-0.2, -0.15) is 0 Å². The van der Waals surface area contributed by atoms with Crippen LogP contribution in [0.15, 0.2) is 78.9 Å². The van der Waals surface area contributed by atoms with Gasteiger partial charge < -0.3 is 24.4 Å². The highest BCUT2D eigenvalue weighted by Gasteiger charge is 2.27. The maximum atomic E-state index is 11.8. The SMILES string of the molecule is CCOC(=O)[C@@H](O)[C@H](O)c1ccc(OCc2ccccc2)c(OCc2ccccc2)c1. The molecule has 6 nitrogen and oxygen atoms in total. The van der Waals surface area contributed by atoms with Crippen molar-refractivity contribution in [2.45, 2.75) is 32.3 Å². The molecule has 0 saturated heterocycles. The fourth-order valence-electron chi connectivity index (χ4n) is 2.95. The van der Waals surface area contributed by atoms with Crippen LogP contribution >= 0.6 is 0 Å². The Morgan fingerprint density at radius 3 is 1.90 bits per heavy atom. The lowest BCUT2D eigenvalue weighted by Crippen LogP contribution is -2.29. The predicted octanol–water partition coefficient (Wildman–Crippen LogP) is 3.80. The van der Waals surface area contributed by atoms with Crippen LogP contribution in [0.5, 0.6) is 11.5 Å². The molecule has 0 radical (unpaired) electrons. The van der Waals surface area contributed by atoms with Crippen molar-refractivity contribution >= 4 is 5.97 Å². The lowest BCUT2D eigenvalue weighted by atomic mass is 10.0. The summed E-state index contributed by atoms with van der Waals surface area (Å²) in [6.07, 6.45) is -3.15. The second-order valence-corrected chi connectivity index (χ2v) is 6.90. The highest BCUT2D eigenvalue weighted by Crippen LogP contribution is 2.33. The minimum atomic E-state index is -1.70. The normalized spacial score (nSPS) is 12.6. The average Bonchev–Trinajstić information content (AvgIpc) is 2.82. The maximum absolute atomic E-state index is 11.8. The molecular formula is C25H26O6. The van der Waals surface area contributed by atoms with E-state index in [1.165, 1.54) is 0 Å². The first-order chi connectivity index (χ1) is 15.1. The fourth-order valence-corrected chi connectivity index (χ4v) is 2.95. The standard InChI is InChI=1S/C25H26O6/c1-2-29-25(28)24(27)23(26)20-13-14-21(30-16-18-9-5-3-6-10-18)22(15-20)31-17-19-11-7-4-8-12-19/h3-15,23-24,26-27H,2,16-17H2,1H3/t23-,24+/m1/s1. The molecule has 0 fully saturated rings. The van der Waals surface area contributed by atoms with Crippen LogP contribution in [0.4, 0.5) is 0 Å². The third-order valence-electron chi connectivity index (χ3n) is 4.61. The van der Waals surface area contributed by atoms with Gasteiger partial charge in [-0.3, -0.25) is 0 Å². The van der Waals surface area contributed by atoms with Gasteiger partial charge in [-0.05, 0) is 35.7 Å². The molecule has 6 heteroatoms. The van der Waals surface area contributed by atoms with Crippen molar-refractivity contribution in [3.05, 3.63) is 95.6 Å². The summed E-state index contributed by atoms with van der Waals surface area (Å²) < 4.78 is 16.7. The molecule has 0 aliphatic heterocycles. The van der Waals surface area contributed by atoms with E-state index in [0.29, 0.717) is 30.3 Å². The Labute approximate surface area is 181 Å². The number of hydrogen-bond acceptors (Lipinski definition) is 6. The average molecular weight is 422 g/mol. The monoisotopic (exact) mass is 422 g/mol. The van der Waals surface area contributed by atoms with E-state index < -0.39 is 18.2 Å². The summed E-state index contributed by atoms with van der Waals surface area (Å²) in [6.45, 7) is 2.38. The predicted molar refractivity (Wildman–Crippen MR) is 116 cm³/mol. The first-order valence-electron chi connectivity index (χ1n) is 10.1. The Bertz CT molecular complexity index is 958. The van der Waals surface area contributed by atoms with Crippen LogP contribution < -0.4 is 9.47 Å². The van der Waals surface area contributed by atoms with Gasteiger partial charge in [0.1, 0.15) is 19.3 Å². The van der Waals surface area contributed by atoms with E-state index in [0.717, 1.165) is 11.1 Å². The van der Waals surface area contributed by atoms with Crippen LogP contribution in [0.3, 0.4) is 0 Å². The van der Waals surface area contributed by atoms with Gasteiger partial charge in [-0.15, -0.1) is 0 Å². The summed E-state index contributed by atoms with van der Waals surface area (Å²) in [7, 11) is 0. The van der Waals surface area contributed by atoms with Crippen LogP contribution in [0.2, 0.25) is 0 Å². The molecule has 3 rings (SSSR count). The van der Waals surface area contributed by atoms with Gasteiger partial charge in [-0.25, -0.2) is 4.79 Å². The molecule has 0 heterocycles. The van der Waals surface area contributed by atoms with Crippen molar-refractivity contribution in [3.63, 3.8) is 0 Å². The molecule has 0 aromatic heterocycles. The third-order valence-corrected chi connectivity index (χ3v) is 4.61. The highest BCUT2D eigenvalue weighted by molar-refractivity contribution is 5.75. The van der Waals surface area contributed by atoms with Gasteiger partial charge in [0.2, 0.25) is 0 Å². The Kier molecular flexibility index (Phi) is 8.04. The zero-order valence-electron chi connectivity index (χ0n) is 17.3. The van der Waals surface area contributed by atoms with Gasteiger partial charge in [0.15, 0.2) is 17.6 Å². The second-order valence-electron chi connectivity index (χ2n) is 6.90. The van der Waals surface area contributed by atoms with E-state index in [1.807, 2.05) is 60.7 Å². The summed E-state index contributed by atoms with van der Waals surface area (Å²) in [5, 5.41) is 20.5. The number of aliphatic hydroxyl groups excluding tert-OH is 2. The second kappa shape index (κ2) is 11.2. The molecule has 0 amide bonds. The smallest absolute Gasteiger partial charge is 0.338 e. The minimum Gasteiger partial charge on any atom is -0.485 e. The number of aliphatic hydroxyl groups is 2. The molecular weight excluding hydrogens is 396 g/mol. The maximum Gasteiger partial charge on any atom is 0.338 e. The van der Waals surface area contributed by atoms with Gasteiger partial charge in [0, 0.05) is 0 Å². The molecule has 0 unspecified atom stereocenters. The number of rotatable bonds is 10. The number of carbonyl (C=O) groups excluding carboxylic acids is 1.